The summed E-state index contributed by atoms with van der Waals surface area (Å²) in [5.74, 6) is 1.77. The number of carbonyl (C=O) groups excluding carboxylic acids is 1. The van der Waals surface area contributed by atoms with Gasteiger partial charge in [-0.05, 0) is 73.1 Å². The van der Waals surface area contributed by atoms with Crippen LogP contribution in [0.2, 0.25) is 0 Å². The Balaban J connectivity index is 1.57. The van der Waals surface area contributed by atoms with Crippen LogP contribution in [0.5, 0.6) is 0 Å². The molecule has 1 aromatic heterocycles. The van der Waals surface area contributed by atoms with Crippen molar-refractivity contribution in [3.05, 3.63) is 65.0 Å². The van der Waals surface area contributed by atoms with Crippen molar-refractivity contribution in [1.29, 1.82) is 0 Å². The third-order valence-electron chi connectivity index (χ3n) is 5.01. The SMILES string of the molecule is CSCC[C@H](NC(=O)c1ccc2c(c1)CCC2)c1nc2ccccc2[nH]1. The molecule has 0 saturated carbocycles. The van der Waals surface area contributed by atoms with Crippen molar-refractivity contribution >= 4 is 28.7 Å². The number of amides is 1. The highest BCUT2D eigenvalue weighted by molar-refractivity contribution is 7.98. The van der Waals surface area contributed by atoms with Gasteiger partial charge in [-0.25, -0.2) is 4.98 Å². The molecule has 4 nitrogen and oxygen atoms in total. The van der Waals surface area contributed by atoms with E-state index in [4.69, 9.17) is 4.98 Å². The fourth-order valence-electron chi connectivity index (χ4n) is 3.61. The number of aromatic nitrogens is 2. The van der Waals surface area contributed by atoms with Gasteiger partial charge in [0.1, 0.15) is 5.82 Å². The van der Waals surface area contributed by atoms with E-state index < -0.39 is 0 Å². The molecule has 134 valence electrons. The predicted octanol–water partition coefficient (Wildman–Crippen LogP) is 4.28. The number of carbonyl (C=O) groups is 1. The van der Waals surface area contributed by atoms with Crippen LogP contribution in [0.1, 0.15) is 46.2 Å². The van der Waals surface area contributed by atoms with E-state index in [-0.39, 0.29) is 11.9 Å². The summed E-state index contributed by atoms with van der Waals surface area (Å²) in [6.07, 6.45) is 6.33. The highest BCUT2D eigenvalue weighted by Gasteiger charge is 2.20. The lowest BCUT2D eigenvalue weighted by Crippen LogP contribution is -2.29. The molecule has 1 heterocycles. The van der Waals surface area contributed by atoms with E-state index in [2.05, 4.69) is 28.7 Å². The molecule has 5 heteroatoms. The van der Waals surface area contributed by atoms with Gasteiger partial charge in [-0.3, -0.25) is 4.79 Å². The van der Waals surface area contributed by atoms with E-state index in [1.165, 1.54) is 17.5 Å². The van der Waals surface area contributed by atoms with Crippen LogP contribution in [0.4, 0.5) is 0 Å². The molecule has 0 unspecified atom stereocenters. The minimum absolute atomic E-state index is 0.0220. The second kappa shape index (κ2) is 7.54. The van der Waals surface area contributed by atoms with E-state index in [1.54, 1.807) is 11.8 Å². The molecule has 0 spiro atoms. The largest absolute Gasteiger partial charge is 0.342 e. The van der Waals surface area contributed by atoms with Crippen LogP contribution in [-0.4, -0.2) is 27.9 Å². The number of rotatable bonds is 6. The average Bonchev–Trinajstić information content (AvgIpc) is 3.30. The monoisotopic (exact) mass is 365 g/mol. The summed E-state index contributed by atoms with van der Waals surface area (Å²) < 4.78 is 0. The minimum Gasteiger partial charge on any atom is -0.342 e. The van der Waals surface area contributed by atoms with E-state index >= 15 is 0 Å². The zero-order valence-corrected chi connectivity index (χ0v) is 15.7. The molecule has 3 aromatic rings. The molecule has 1 aliphatic carbocycles. The summed E-state index contributed by atoms with van der Waals surface area (Å²) in [6, 6.07) is 14.0. The maximum atomic E-state index is 12.8. The third-order valence-corrected chi connectivity index (χ3v) is 5.66. The Morgan fingerprint density at radius 2 is 2.08 bits per heavy atom. The van der Waals surface area contributed by atoms with Crippen molar-refractivity contribution in [1.82, 2.24) is 15.3 Å². The number of aryl methyl sites for hydroxylation is 2. The predicted molar refractivity (Wildman–Crippen MR) is 108 cm³/mol. The summed E-state index contributed by atoms with van der Waals surface area (Å²) in [6.45, 7) is 0. The molecule has 1 atom stereocenters. The molecule has 0 aliphatic heterocycles. The minimum atomic E-state index is -0.115. The number of para-hydroxylation sites is 2. The van der Waals surface area contributed by atoms with Crippen molar-refractivity contribution < 1.29 is 4.79 Å². The highest BCUT2D eigenvalue weighted by atomic mass is 32.2. The van der Waals surface area contributed by atoms with Crippen LogP contribution in [-0.2, 0) is 12.8 Å². The van der Waals surface area contributed by atoms with Crippen LogP contribution in [0.15, 0.2) is 42.5 Å². The molecule has 1 amide bonds. The summed E-state index contributed by atoms with van der Waals surface area (Å²) in [5, 5.41) is 3.19. The van der Waals surface area contributed by atoms with Gasteiger partial charge in [-0.1, -0.05) is 18.2 Å². The van der Waals surface area contributed by atoms with Crippen LogP contribution in [0.3, 0.4) is 0 Å². The zero-order valence-electron chi connectivity index (χ0n) is 14.9. The molecule has 26 heavy (non-hydrogen) atoms. The normalized spacial score (nSPS) is 14.3. The van der Waals surface area contributed by atoms with E-state index in [0.717, 1.165) is 47.4 Å². The van der Waals surface area contributed by atoms with Gasteiger partial charge in [0.25, 0.3) is 5.91 Å². The summed E-state index contributed by atoms with van der Waals surface area (Å²) in [4.78, 5) is 20.9. The molecular weight excluding hydrogens is 342 g/mol. The first-order valence-corrected chi connectivity index (χ1v) is 10.5. The van der Waals surface area contributed by atoms with Gasteiger partial charge < -0.3 is 10.3 Å². The van der Waals surface area contributed by atoms with Gasteiger partial charge in [0.2, 0.25) is 0 Å². The van der Waals surface area contributed by atoms with Gasteiger partial charge in [-0.15, -0.1) is 0 Å². The number of aromatic amines is 1. The lowest BCUT2D eigenvalue weighted by Gasteiger charge is -2.17. The van der Waals surface area contributed by atoms with Crippen LogP contribution in [0, 0.1) is 0 Å². The maximum absolute atomic E-state index is 12.8. The van der Waals surface area contributed by atoms with Gasteiger partial charge >= 0.3 is 0 Å². The Hall–Kier alpha value is -2.27. The Labute approximate surface area is 157 Å². The van der Waals surface area contributed by atoms with Gasteiger partial charge in [0.15, 0.2) is 0 Å². The number of nitrogens with zero attached hydrogens (tertiary/aromatic N) is 1. The second-order valence-corrected chi connectivity index (χ2v) is 7.77. The number of hydrogen-bond acceptors (Lipinski definition) is 3. The van der Waals surface area contributed by atoms with Crippen molar-refractivity contribution in [3.8, 4) is 0 Å². The van der Waals surface area contributed by atoms with E-state index in [0.29, 0.717) is 0 Å². The maximum Gasteiger partial charge on any atom is 0.251 e. The molecule has 4 rings (SSSR count). The number of fused-ring (bicyclic) bond motifs is 2. The van der Waals surface area contributed by atoms with Crippen molar-refractivity contribution in [2.75, 3.05) is 12.0 Å². The molecule has 2 N–H and O–H groups in total. The summed E-state index contributed by atoms with van der Waals surface area (Å²) in [7, 11) is 0. The number of H-pyrrole nitrogens is 1. The summed E-state index contributed by atoms with van der Waals surface area (Å²) in [5.41, 5.74) is 5.39. The number of hydrogen-bond donors (Lipinski definition) is 2. The van der Waals surface area contributed by atoms with Gasteiger partial charge in [0.05, 0.1) is 17.1 Å². The van der Waals surface area contributed by atoms with Crippen molar-refractivity contribution in [3.63, 3.8) is 0 Å². The van der Waals surface area contributed by atoms with E-state index in [1.807, 2.05) is 30.3 Å². The molecule has 2 aromatic carbocycles. The first-order valence-electron chi connectivity index (χ1n) is 9.11. The summed E-state index contributed by atoms with van der Waals surface area (Å²) >= 11 is 1.78. The lowest BCUT2D eigenvalue weighted by molar-refractivity contribution is 0.0934. The lowest BCUT2D eigenvalue weighted by atomic mass is 10.1. The Bertz CT molecular complexity index is 901. The smallest absolute Gasteiger partial charge is 0.251 e. The molecule has 0 fully saturated rings. The van der Waals surface area contributed by atoms with Gasteiger partial charge in [-0.2, -0.15) is 11.8 Å². The van der Waals surface area contributed by atoms with Gasteiger partial charge in [0, 0.05) is 5.56 Å². The number of benzene rings is 2. The zero-order chi connectivity index (χ0) is 17.9. The highest BCUT2D eigenvalue weighted by Crippen LogP contribution is 2.24. The first-order chi connectivity index (χ1) is 12.7. The van der Waals surface area contributed by atoms with Crippen LogP contribution < -0.4 is 5.32 Å². The topological polar surface area (TPSA) is 57.8 Å². The molecule has 0 bridgehead atoms. The van der Waals surface area contributed by atoms with Crippen molar-refractivity contribution in [2.45, 2.75) is 31.7 Å². The quantitative estimate of drug-likeness (QED) is 0.686. The molecular formula is C21H23N3OS. The Morgan fingerprint density at radius 3 is 2.92 bits per heavy atom. The molecule has 0 saturated heterocycles. The molecule has 0 radical (unpaired) electrons. The Kier molecular flexibility index (Phi) is 4.98. The third kappa shape index (κ3) is 3.49. The number of imidazole rings is 1. The average molecular weight is 366 g/mol. The fraction of sp³-hybridized carbons (Fsp3) is 0.333. The van der Waals surface area contributed by atoms with Crippen LogP contribution in [0.25, 0.3) is 11.0 Å². The Morgan fingerprint density at radius 1 is 1.23 bits per heavy atom. The molecule has 1 aliphatic rings. The first kappa shape index (κ1) is 17.2. The van der Waals surface area contributed by atoms with E-state index in [9.17, 15) is 4.79 Å². The number of thioether (sulfide) groups is 1. The standard InChI is InChI=1S/C21H23N3OS/c1-26-12-11-19(20-22-17-7-2-3-8-18(17)23-20)24-21(25)16-10-9-14-5-4-6-15(14)13-16/h2-3,7-10,13,19H,4-6,11-12H2,1H3,(H,22,23)(H,24,25)/t19-/m0/s1. The van der Waals surface area contributed by atoms with Crippen molar-refractivity contribution in [2.24, 2.45) is 0 Å². The van der Waals surface area contributed by atoms with Crippen LogP contribution >= 0.6 is 11.8 Å². The second-order valence-electron chi connectivity index (χ2n) is 6.78. The fourth-order valence-corrected chi connectivity index (χ4v) is 4.08. The number of nitrogens with one attached hydrogen (secondary N) is 2.